The van der Waals surface area contributed by atoms with Crippen molar-refractivity contribution < 1.29 is 13.9 Å². The molecule has 1 fully saturated rings. The van der Waals surface area contributed by atoms with Gasteiger partial charge in [-0.15, -0.1) is 5.10 Å². The normalized spacial score (nSPS) is 18.4. The van der Waals surface area contributed by atoms with Gasteiger partial charge in [0.1, 0.15) is 12.3 Å². The second-order valence-corrected chi connectivity index (χ2v) is 4.75. The summed E-state index contributed by atoms with van der Waals surface area (Å²) in [6.07, 6.45) is 2.89. The third-order valence-corrected chi connectivity index (χ3v) is 3.33. The van der Waals surface area contributed by atoms with Crippen molar-refractivity contribution in [2.75, 3.05) is 20.3 Å². The van der Waals surface area contributed by atoms with Gasteiger partial charge in [-0.2, -0.15) is 0 Å². The minimum absolute atomic E-state index is 0.237. The Kier molecular flexibility index (Phi) is 3.51. The number of nitrogens with zero attached hydrogens (tertiary/aromatic N) is 3. The Morgan fingerprint density at radius 3 is 3.20 bits per heavy atom. The van der Waals surface area contributed by atoms with Gasteiger partial charge in [0.2, 0.25) is 0 Å². The third kappa shape index (κ3) is 2.57. The Balaban J connectivity index is 1.68. The molecule has 0 unspecified atom stereocenters. The maximum atomic E-state index is 11.4. The molecule has 0 saturated carbocycles. The molecular formula is C13H16N4O3. The zero-order valence-corrected chi connectivity index (χ0v) is 11.2. The predicted octanol–water partition coefficient (Wildman–Crippen LogP) is 0.783. The van der Waals surface area contributed by atoms with Crippen LogP contribution in [-0.4, -0.2) is 41.2 Å². The zero-order chi connectivity index (χ0) is 13.9. The van der Waals surface area contributed by atoms with Crippen molar-refractivity contribution in [3.8, 4) is 0 Å². The fraction of sp³-hybridized carbons (Fsp3) is 0.462. The van der Waals surface area contributed by atoms with Crippen molar-refractivity contribution in [3.63, 3.8) is 0 Å². The van der Waals surface area contributed by atoms with Gasteiger partial charge in [0.05, 0.1) is 12.3 Å². The van der Waals surface area contributed by atoms with E-state index in [1.165, 1.54) is 0 Å². The average molecular weight is 276 g/mol. The minimum Gasteiger partial charge on any atom is -0.454 e. The minimum atomic E-state index is -0.237. The van der Waals surface area contributed by atoms with Crippen molar-refractivity contribution in [2.24, 2.45) is 0 Å². The summed E-state index contributed by atoms with van der Waals surface area (Å²) in [5.41, 5.74) is 0.945. The number of nitrogens with one attached hydrogen (secondary N) is 1. The molecule has 20 heavy (non-hydrogen) atoms. The number of rotatable bonds is 4. The van der Waals surface area contributed by atoms with Crippen LogP contribution in [0.2, 0.25) is 0 Å². The first kappa shape index (κ1) is 12.9. The summed E-state index contributed by atoms with van der Waals surface area (Å²) in [6, 6.07) is 3.42. The van der Waals surface area contributed by atoms with E-state index in [1.807, 2.05) is 6.20 Å². The summed E-state index contributed by atoms with van der Waals surface area (Å²) in [5, 5.41) is 10.8. The van der Waals surface area contributed by atoms with E-state index in [9.17, 15) is 4.79 Å². The van der Waals surface area contributed by atoms with E-state index in [-0.39, 0.29) is 5.91 Å². The standard InChI is InChI=1S/C13H16N4O3/c1-14-13(18)12-3-2-10(20-12)6-17-7-11(15-16-17)9-4-5-19-8-9/h2-3,7,9H,4-6,8H2,1H3,(H,14,18)/t9-/m0/s1. The molecule has 1 saturated heterocycles. The van der Waals surface area contributed by atoms with E-state index in [0.717, 1.165) is 18.7 Å². The summed E-state index contributed by atoms with van der Waals surface area (Å²) in [6.45, 7) is 1.95. The van der Waals surface area contributed by atoms with Crippen molar-refractivity contribution in [3.05, 3.63) is 35.5 Å². The fourth-order valence-electron chi connectivity index (χ4n) is 2.21. The van der Waals surface area contributed by atoms with Gasteiger partial charge in [-0.05, 0) is 18.6 Å². The number of aromatic nitrogens is 3. The van der Waals surface area contributed by atoms with E-state index in [4.69, 9.17) is 9.15 Å². The molecule has 1 N–H and O–H groups in total. The second-order valence-electron chi connectivity index (χ2n) is 4.75. The Labute approximate surface area is 115 Å². The van der Waals surface area contributed by atoms with Gasteiger partial charge in [-0.25, -0.2) is 4.68 Å². The highest BCUT2D eigenvalue weighted by molar-refractivity contribution is 5.91. The molecule has 0 spiro atoms. The van der Waals surface area contributed by atoms with Gasteiger partial charge in [0, 0.05) is 25.8 Å². The molecule has 1 atom stereocenters. The van der Waals surface area contributed by atoms with Crippen LogP contribution in [0.15, 0.2) is 22.7 Å². The van der Waals surface area contributed by atoms with E-state index in [0.29, 0.717) is 30.6 Å². The van der Waals surface area contributed by atoms with Gasteiger partial charge in [0.25, 0.3) is 5.91 Å². The number of carbonyl (C=O) groups is 1. The molecule has 2 aromatic heterocycles. The van der Waals surface area contributed by atoms with Crippen LogP contribution in [0.1, 0.15) is 34.3 Å². The van der Waals surface area contributed by atoms with Crippen LogP contribution in [0, 0.1) is 0 Å². The number of hydrogen-bond donors (Lipinski definition) is 1. The van der Waals surface area contributed by atoms with Gasteiger partial charge >= 0.3 is 0 Å². The highest BCUT2D eigenvalue weighted by atomic mass is 16.5. The molecule has 3 rings (SSSR count). The van der Waals surface area contributed by atoms with Crippen molar-refractivity contribution >= 4 is 5.91 Å². The Morgan fingerprint density at radius 2 is 2.45 bits per heavy atom. The van der Waals surface area contributed by atoms with Crippen LogP contribution >= 0.6 is 0 Å². The molecule has 0 aliphatic carbocycles. The van der Waals surface area contributed by atoms with Crippen LogP contribution in [0.4, 0.5) is 0 Å². The topological polar surface area (TPSA) is 82.2 Å². The van der Waals surface area contributed by atoms with E-state index in [2.05, 4.69) is 15.6 Å². The average Bonchev–Trinajstić information content (AvgIpc) is 3.19. The van der Waals surface area contributed by atoms with E-state index in [1.54, 1.807) is 23.9 Å². The predicted molar refractivity (Wildman–Crippen MR) is 69.4 cm³/mol. The summed E-state index contributed by atoms with van der Waals surface area (Å²) in [4.78, 5) is 11.4. The molecule has 0 aromatic carbocycles. The highest BCUT2D eigenvalue weighted by Crippen LogP contribution is 2.22. The summed E-state index contributed by atoms with van der Waals surface area (Å²) in [7, 11) is 1.57. The molecule has 3 heterocycles. The molecule has 106 valence electrons. The Bertz CT molecular complexity index is 598. The summed E-state index contributed by atoms with van der Waals surface area (Å²) in [5.74, 6) is 1.06. The Morgan fingerprint density at radius 1 is 1.55 bits per heavy atom. The number of hydrogen-bond acceptors (Lipinski definition) is 5. The van der Waals surface area contributed by atoms with Crippen LogP contribution in [-0.2, 0) is 11.3 Å². The smallest absolute Gasteiger partial charge is 0.286 e. The van der Waals surface area contributed by atoms with Crippen molar-refractivity contribution in [2.45, 2.75) is 18.9 Å². The lowest BCUT2D eigenvalue weighted by Crippen LogP contribution is -2.16. The quantitative estimate of drug-likeness (QED) is 0.892. The second kappa shape index (κ2) is 5.46. The number of carbonyl (C=O) groups excluding carboxylic acids is 1. The summed E-state index contributed by atoms with van der Waals surface area (Å²) < 4.78 is 12.5. The number of ether oxygens (including phenoxy) is 1. The van der Waals surface area contributed by atoms with Crippen LogP contribution in [0.3, 0.4) is 0 Å². The first-order chi connectivity index (χ1) is 9.76. The molecule has 7 heteroatoms. The maximum absolute atomic E-state index is 11.4. The SMILES string of the molecule is CNC(=O)c1ccc(Cn2cc([C@H]3CCOC3)nn2)o1. The van der Waals surface area contributed by atoms with Crippen LogP contribution in [0.5, 0.6) is 0 Å². The molecule has 0 bridgehead atoms. The lowest BCUT2D eigenvalue weighted by Gasteiger charge is -2.00. The molecule has 1 aliphatic heterocycles. The molecular weight excluding hydrogens is 260 g/mol. The van der Waals surface area contributed by atoms with E-state index >= 15 is 0 Å². The molecule has 7 nitrogen and oxygen atoms in total. The van der Waals surface area contributed by atoms with E-state index < -0.39 is 0 Å². The molecule has 2 aromatic rings. The lowest BCUT2D eigenvalue weighted by atomic mass is 10.1. The van der Waals surface area contributed by atoms with Gasteiger partial charge in [-0.3, -0.25) is 4.79 Å². The maximum Gasteiger partial charge on any atom is 0.286 e. The third-order valence-electron chi connectivity index (χ3n) is 3.33. The first-order valence-electron chi connectivity index (χ1n) is 6.55. The van der Waals surface area contributed by atoms with Crippen molar-refractivity contribution in [1.82, 2.24) is 20.3 Å². The largest absolute Gasteiger partial charge is 0.454 e. The monoisotopic (exact) mass is 276 g/mol. The van der Waals surface area contributed by atoms with Gasteiger partial charge in [0.15, 0.2) is 5.76 Å². The highest BCUT2D eigenvalue weighted by Gasteiger charge is 2.21. The number of furan rings is 1. The molecule has 1 aliphatic rings. The zero-order valence-electron chi connectivity index (χ0n) is 11.2. The first-order valence-corrected chi connectivity index (χ1v) is 6.55. The van der Waals surface area contributed by atoms with Crippen molar-refractivity contribution in [1.29, 1.82) is 0 Å². The molecule has 1 amide bonds. The lowest BCUT2D eigenvalue weighted by molar-refractivity contribution is 0.0933. The molecule has 0 radical (unpaired) electrons. The summed E-state index contributed by atoms with van der Waals surface area (Å²) >= 11 is 0. The van der Waals surface area contributed by atoms with Gasteiger partial charge < -0.3 is 14.5 Å². The van der Waals surface area contributed by atoms with Crippen LogP contribution in [0.25, 0.3) is 0 Å². The van der Waals surface area contributed by atoms with Gasteiger partial charge in [-0.1, -0.05) is 5.21 Å². The Hall–Kier alpha value is -2.15. The van der Waals surface area contributed by atoms with Crippen LogP contribution < -0.4 is 5.32 Å². The number of amides is 1. The fourth-order valence-corrected chi connectivity index (χ4v) is 2.21.